The summed E-state index contributed by atoms with van der Waals surface area (Å²) in [5.74, 6) is 0.630. The van der Waals surface area contributed by atoms with E-state index < -0.39 is 0 Å². The molecule has 5 heteroatoms. The number of piperidine rings is 1. The highest BCUT2D eigenvalue weighted by atomic mass is 16.5. The molecular weight excluding hydrogens is 326 g/mol. The van der Waals surface area contributed by atoms with E-state index >= 15 is 0 Å². The molecular formula is C21H29N3O2. The fraction of sp³-hybridized carbons (Fsp3) is 0.476. The predicted octanol–water partition coefficient (Wildman–Crippen LogP) is 0.719. The van der Waals surface area contributed by atoms with Crippen molar-refractivity contribution in [3.8, 4) is 0 Å². The SMILES string of the molecule is C=C1C=c2ccc(C(=O)NCCOC)c(C)c2=CN1CC1CCNCC1. The minimum absolute atomic E-state index is 0.0509. The lowest BCUT2D eigenvalue weighted by atomic mass is 9.96. The van der Waals surface area contributed by atoms with Gasteiger partial charge in [0.25, 0.3) is 5.91 Å². The fourth-order valence-electron chi connectivity index (χ4n) is 3.67. The highest BCUT2D eigenvalue weighted by Crippen LogP contribution is 2.18. The van der Waals surface area contributed by atoms with Crippen LogP contribution in [-0.4, -0.2) is 50.7 Å². The molecule has 1 aromatic carbocycles. The Morgan fingerprint density at radius 3 is 2.88 bits per heavy atom. The van der Waals surface area contributed by atoms with Crippen LogP contribution in [0.3, 0.4) is 0 Å². The molecule has 1 aromatic rings. The Kier molecular flexibility index (Phi) is 6.12. The van der Waals surface area contributed by atoms with Gasteiger partial charge in [0.05, 0.1) is 6.61 Å². The van der Waals surface area contributed by atoms with Gasteiger partial charge in [-0.1, -0.05) is 12.6 Å². The van der Waals surface area contributed by atoms with E-state index in [4.69, 9.17) is 4.74 Å². The smallest absolute Gasteiger partial charge is 0.251 e. The van der Waals surface area contributed by atoms with Crippen LogP contribution in [-0.2, 0) is 4.74 Å². The fourth-order valence-corrected chi connectivity index (χ4v) is 3.67. The van der Waals surface area contributed by atoms with Crippen LogP contribution in [0.4, 0.5) is 0 Å². The number of ether oxygens (including phenoxy) is 1. The lowest BCUT2D eigenvalue weighted by Crippen LogP contribution is -2.40. The lowest BCUT2D eigenvalue weighted by molar-refractivity contribution is 0.0936. The van der Waals surface area contributed by atoms with Gasteiger partial charge in [-0.05, 0) is 61.7 Å². The Labute approximate surface area is 155 Å². The molecule has 1 amide bonds. The van der Waals surface area contributed by atoms with Gasteiger partial charge in [-0.3, -0.25) is 4.79 Å². The second-order valence-electron chi connectivity index (χ2n) is 7.10. The molecule has 0 spiro atoms. The van der Waals surface area contributed by atoms with Gasteiger partial charge in [0.1, 0.15) is 0 Å². The molecule has 140 valence electrons. The van der Waals surface area contributed by atoms with E-state index in [0.717, 1.165) is 46.9 Å². The molecule has 2 aliphatic rings. The van der Waals surface area contributed by atoms with Crippen molar-refractivity contribution in [1.82, 2.24) is 15.5 Å². The number of benzene rings is 1. The number of allylic oxidation sites excluding steroid dienone is 1. The standard InChI is InChI=1S/C21H29N3O2/c1-15-12-18-4-5-19(21(25)23-10-11-26-3)16(2)20(18)14-24(15)13-17-6-8-22-9-7-17/h4-5,12,14,17,22H,1,6-11,13H2,2-3H3,(H,23,25). The van der Waals surface area contributed by atoms with Gasteiger partial charge in [0.2, 0.25) is 0 Å². The Hall–Kier alpha value is -2.11. The van der Waals surface area contributed by atoms with E-state index in [1.54, 1.807) is 7.11 Å². The van der Waals surface area contributed by atoms with Crippen LogP contribution in [0.5, 0.6) is 0 Å². The summed E-state index contributed by atoms with van der Waals surface area (Å²) >= 11 is 0. The van der Waals surface area contributed by atoms with Gasteiger partial charge in [-0.25, -0.2) is 0 Å². The molecule has 0 bridgehead atoms. The van der Waals surface area contributed by atoms with E-state index in [1.165, 1.54) is 12.8 Å². The van der Waals surface area contributed by atoms with Gasteiger partial charge in [-0.15, -0.1) is 0 Å². The van der Waals surface area contributed by atoms with Crippen LogP contribution in [0, 0.1) is 12.8 Å². The molecule has 26 heavy (non-hydrogen) atoms. The number of nitrogens with zero attached hydrogens (tertiary/aromatic N) is 1. The first-order valence-corrected chi connectivity index (χ1v) is 9.36. The Morgan fingerprint density at radius 2 is 2.15 bits per heavy atom. The van der Waals surface area contributed by atoms with E-state index in [1.807, 2.05) is 19.1 Å². The molecule has 1 fully saturated rings. The number of nitrogens with one attached hydrogen (secondary N) is 2. The molecule has 0 unspecified atom stereocenters. The summed E-state index contributed by atoms with van der Waals surface area (Å²) < 4.78 is 5.00. The molecule has 1 saturated heterocycles. The number of carbonyl (C=O) groups is 1. The average Bonchev–Trinajstić information content (AvgIpc) is 2.64. The maximum Gasteiger partial charge on any atom is 0.251 e. The molecule has 0 atom stereocenters. The Balaban J connectivity index is 1.84. The minimum atomic E-state index is -0.0509. The summed E-state index contributed by atoms with van der Waals surface area (Å²) in [6, 6.07) is 3.91. The van der Waals surface area contributed by atoms with Gasteiger partial charge in [-0.2, -0.15) is 0 Å². The first-order valence-electron chi connectivity index (χ1n) is 9.36. The molecule has 2 aliphatic heterocycles. The first kappa shape index (κ1) is 18.7. The zero-order chi connectivity index (χ0) is 18.5. The van der Waals surface area contributed by atoms with Crippen molar-refractivity contribution < 1.29 is 9.53 Å². The van der Waals surface area contributed by atoms with Crippen molar-refractivity contribution >= 4 is 18.2 Å². The maximum absolute atomic E-state index is 12.5. The van der Waals surface area contributed by atoms with E-state index in [0.29, 0.717) is 19.1 Å². The highest BCUT2D eigenvalue weighted by Gasteiger charge is 2.19. The lowest BCUT2D eigenvalue weighted by Gasteiger charge is -2.31. The molecule has 5 nitrogen and oxygen atoms in total. The Bertz CT molecular complexity index is 794. The topological polar surface area (TPSA) is 53.6 Å². The zero-order valence-electron chi connectivity index (χ0n) is 15.8. The minimum Gasteiger partial charge on any atom is -0.383 e. The van der Waals surface area contributed by atoms with Crippen LogP contribution in [0.25, 0.3) is 12.3 Å². The summed E-state index contributed by atoms with van der Waals surface area (Å²) in [4.78, 5) is 14.7. The number of amides is 1. The van der Waals surface area contributed by atoms with Gasteiger partial charge in [0, 0.05) is 42.9 Å². The summed E-state index contributed by atoms with van der Waals surface area (Å²) in [6.07, 6.45) is 6.69. The number of fused-ring (bicyclic) bond motifs is 1. The van der Waals surface area contributed by atoms with Crippen molar-refractivity contribution in [2.24, 2.45) is 5.92 Å². The third kappa shape index (κ3) is 4.17. The van der Waals surface area contributed by atoms with Crippen molar-refractivity contribution in [2.45, 2.75) is 19.8 Å². The number of hydrogen-bond acceptors (Lipinski definition) is 4. The van der Waals surface area contributed by atoms with Gasteiger partial charge in [0.15, 0.2) is 0 Å². The van der Waals surface area contributed by atoms with Crippen LogP contribution in [0.2, 0.25) is 0 Å². The zero-order valence-corrected chi connectivity index (χ0v) is 15.8. The second-order valence-corrected chi connectivity index (χ2v) is 7.10. The van der Waals surface area contributed by atoms with Crippen molar-refractivity contribution in [1.29, 1.82) is 0 Å². The van der Waals surface area contributed by atoms with Crippen LogP contribution in [0.15, 0.2) is 24.4 Å². The number of hydrogen-bond donors (Lipinski definition) is 2. The third-order valence-electron chi connectivity index (χ3n) is 5.27. The molecule has 0 saturated carbocycles. The van der Waals surface area contributed by atoms with E-state index in [-0.39, 0.29) is 5.91 Å². The molecule has 0 radical (unpaired) electrons. The highest BCUT2D eigenvalue weighted by molar-refractivity contribution is 5.95. The van der Waals surface area contributed by atoms with Crippen LogP contribution >= 0.6 is 0 Å². The predicted molar refractivity (Wildman–Crippen MR) is 105 cm³/mol. The quantitative estimate of drug-likeness (QED) is 0.739. The van der Waals surface area contributed by atoms with Crippen molar-refractivity contribution in [3.05, 3.63) is 46.0 Å². The maximum atomic E-state index is 12.5. The number of rotatable bonds is 6. The number of carbonyl (C=O) groups excluding carboxylic acids is 1. The van der Waals surface area contributed by atoms with Crippen molar-refractivity contribution in [2.75, 3.05) is 39.9 Å². The average molecular weight is 355 g/mol. The molecule has 3 rings (SSSR count). The van der Waals surface area contributed by atoms with Crippen molar-refractivity contribution in [3.63, 3.8) is 0 Å². The first-order chi connectivity index (χ1) is 12.6. The van der Waals surface area contributed by atoms with Gasteiger partial charge >= 0.3 is 0 Å². The summed E-state index contributed by atoms with van der Waals surface area (Å²) in [5.41, 5.74) is 2.75. The summed E-state index contributed by atoms with van der Waals surface area (Å²) in [7, 11) is 1.63. The van der Waals surface area contributed by atoms with E-state index in [9.17, 15) is 4.79 Å². The summed E-state index contributed by atoms with van der Waals surface area (Å²) in [5, 5.41) is 8.57. The summed E-state index contributed by atoms with van der Waals surface area (Å²) in [6.45, 7) is 10.4. The number of methoxy groups -OCH3 is 1. The largest absolute Gasteiger partial charge is 0.383 e. The van der Waals surface area contributed by atoms with Crippen LogP contribution in [0.1, 0.15) is 28.8 Å². The van der Waals surface area contributed by atoms with Gasteiger partial charge < -0.3 is 20.3 Å². The molecule has 0 aromatic heterocycles. The monoisotopic (exact) mass is 355 g/mol. The normalized spacial score (nSPS) is 17.3. The molecule has 2 heterocycles. The molecule has 2 N–H and O–H groups in total. The second kappa shape index (κ2) is 8.52. The van der Waals surface area contributed by atoms with E-state index in [2.05, 4.69) is 34.4 Å². The Morgan fingerprint density at radius 1 is 1.38 bits per heavy atom. The van der Waals surface area contributed by atoms with Crippen LogP contribution < -0.4 is 21.1 Å². The molecule has 0 aliphatic carbocycles. The third-order valence-corrected chi connectivity index (χ3v) is 5.27.